The molecule has 3 aromatic heterocycles. The number of rotatable bonds is 2. The zero-order valence-corrected chi connectivity index (χ0v) is 16.6. The van der Waals surface area contributed by atoms with Crippen LogP contribution < -0.4 is 10.2 Å². The number of halogens is 1. The Balaban J connectivity index is 1.51. The molecule has 4 aromatic rings. The molecule has 29 heavy (non-hydrogen) atoms. The number of piperazine rings is 1. The fourth-order valence-corrected chi connectivity index (χ4v) is 4.07. The van der Waals surface area contributed by atoms with E-state index >= 15 is 0 Å². The first-order valence-electron chi connectivity index (χ1n) is 9.77. The lowest BCUT2D eigenvalue weighted by atomic mass is 10.1. The van der Waals surface area contributed by atoms with E-state index in [0.29, 0.717) is 29.3 Å². The molecule has 2 atom stereocenters. The van der Waals surface area contributed by atoms with Gasteiger partial charge in [0.2, 0.25) is 0 Å². The van der Waals surface area contributed by atoms with Gasteiger partial charge in [-0.3, -0.25) is 0 Å². The maximum atomic E-state index is 14.4. The number of hydrogen-bond acceptors (Lipinski definition) is 6. The van der Waals surface area contributed by atoms with E-state index in [0.717, 1.165) is 24.0 Å². The van der Waals surface area contributed by atoms with Gasteiger partial charge in [0.05, 0.1) is 5.52 Å². The number of nitrogens with zero attached hydrogens (tertiary/aromatic N) is 6. The Bertz CT molecular complexity index is 1210. The molecule has 0 radical (unpaired) electrons. The van der Waals surface area contributed by atoms with Crippen LogP contribution in [0.1, 0.15) is 19.7 Å². The smallest absolute Gasteiger partial charge is 0.191 e. The van der Waals surface area contributed by atoms with E-state index in [1.165, 1.54) is 16.3 Å². The Hall–Kier alpha value is -3.13. The summed E-state index contributed by atoms with van der Waals surface area (Å²) in [6.07, 6.45) is 3.50. The van der Waals surface area contributed by atoms with Gasteiger partial charge in [-0.15, -0.1) is 0 Å². The fraction of sp³-hybridized carbons (Fsp3) is 0.333. The van der Waals surface area contributed by atoms with Crippen molar-refractivity contribution in [1.82, 2.24) is 29.9 Å². The molecule has 5 rings (SSSR count). The van der Waals surface area contributed by atoms with Crippen molar-refractivity contribution in [3.05, 3.63) is 48.3 Å². The van der Waals surface area contributed by atoms with Gasteiger partial charge in [0.1, 0.15) is 5.82 Å². The van der Waals surface area contributed by atoms with Crippen molar-refractivity contribution >= 4 is 22.2 Å². The van der Waals surface area contributed by atoms with E-state index in [1.807, 2.05) is 6.07 Å². The molecule has 8 heteroatoms. The Morgan fingerprint density at radius 3 is 2.69 bits per heavy atom. The number of aromatic nitrogens is 5. The van der Waals surface area contributed by atoms with Crippen molar-refractivity contribution in [2.45, 2.75) is 32.9 Å². The summed E-state index contributed by atoms with van der Waals surface area (Å²) in [6.45, 7) is 8.06. The van der Waals surface area contributed by atoms with Crippen LogP contribution in [-0.2, 0) is 0 Å². The average Bonchev–Trinajstić information content (AvgIpc) is 3.07. The van der Waals surface area contributed by atoms with E-state index in [-0.39, 0.29) is 5.65 Å². The Morgan fingerprint density at radius 2 is 1.90 bits per heavy atom. The summed E-state index contributed by atoms with van der Waals surface area (Å²) in [6, 6.07) is 8.50. The maximum Gasteiger partial charge on any atom is 0.191 e. The third-order valence-electron chi connectivity index (χ3n) is 5.24. The van der Waals surface area contributed by atoms with Gasteiger partial charge in [0, 0.05) is 54.2 Å². The Morgan fingerprint density at radius 1 is 1.10 bits per heavy atom. The molecule has 1 aliphatic rings. The van der Waals surface area contributed by atoms with Gasteiger partial charge in [-0.1, -0.05) is 0 Å². The lowest BCUT2D eigenvalue weighted by Gasteiger charge is -2.37. The molecule has 0 saturated carbocycles. The minimum Gasteiger partial charge on any atom is -0.368 e. The molecule has 148 valence electrons. The summed E-state index contributed by atoms with van der Waals surface area (Å²) in [5, 5.41) is 8.71. The second kappa shape index (κ2) is 6.73. The number of hydrogen-bond donors (Lipinski definition) is 1. The fourth-order valence-electron chi connectivity index (χ4n) is 4.07. The molecule has 0 aliphatic carbocycles. The molecular weight excluding hydrogens is 369 g/mol. The van der Waals surface area contributed by atoms with Crippen LogP contribution in [-0.4, -0.2) is 49.7 Å². The first-order valence-corrected chi connectivity index (χ1v) is 9.77. The van der Waals surface area contributed by atoms with Crippen molar-refractivity contribution in [2.24, 2.45) is 0 Å². The number of anilines is 1. The van der Waals surface area contributed by atoms with Crippen molar-refractivity contribution in [3.63, 3.8) is 0 Å². The largest absolute Gasteiger partial charge is 0.368 e. The summed E-state index contributed by atoms with van der Waals surface area (Å²) in [5.41, 5.74) is 2.76. The average molecular weight is 391 g/mol. The highest BCUT2D eigenvalue weighted by molar-refractivity contribution is 5.83. The van der Waals surface area contributed by atoms with E-state index < -0.39 is 5.82 Å². The van der Waals surface area contributed by atoms with E-state index in [1.54, 1.807) is 19.3 Å². The Kier molecular flexibility index (Phi) is 4.16. The number of pyridine rings is 1. The van der Waals surface area contributed by atoms with Crippen LogP contribution in [0.25, 0.3) is 27.9 Å². The topological polar surface area (TPSA) is 71.2 Å². The summed E-state index contributed by atoms with van der Waals surface area (Å²) >= 11 is 0. The molecule has 1 fully saturated rings. The minimum absolute atomic E-state index is 0.205. The lowest BCUT2D eigenvalue weighted by molar-refractivity contribution is 0.407. The zero-order valence-electron chi connectivity index (χ0n) is 16.6. The van der Waals surface area contributed by atoms with E-state index in [4.69, 9.17) is 0 Å². The third-order valence-corrected chi connectivity index (χ3v) is 5.24. The van der Waals surface area contributed by atoms with Gasteiger partial charge in [0.25, 0.3) is 0 Å². The summed E-state index contributed by atoms with van der Waals surface area (Å²) in [4.78, 5) is 15.6. The molecule has 0 bridgehead atoms. The Labute approximate surface area is 167 Å². The van der Waals surface area contributed by atoms with Crippen LogP contribution in [0.5, 0.6) is 0 Å². The number of fused-ring (bicyclic) bond motifs is 2. The number of benzene rings is 1. The van der Waals surface area contributed by atoms with Crippen molar-refractivity contribution in [1.29, 1.82) is 0 Å². The molecule has 0 amide bonds. The van der Waals surface area contributed by atoms with Crippen molar-refractivity contribution in [2.75, 3.05) is 18.0 Å². The summed E-state index contributed by atoms with van der Waals surface area (Å²) in [5.74, 6) is 0.539. The standard InChI is InChI=1S/C21H22FN7/c1-12-9-28(10-13(2)24-12)17-4-5-19-15(6-17)8-23-20(26-19)16-7-18(22)21-25-14(3)27-29(21)11-16/h4-8,11-13,24H,9-10H2,1-3H3/t12-,13+. The molecule has 1 aromatic carbocycles. The van der Waals surface area contributed by atoms with Crippen LogP contribution in [0.3, 0.4) is 0 Å². The SMILES string of the molecule is Cc1nc2c(F)cc(-c3ncc4cc(N5C[C@@H](C)N[C@@H](C)C5)ccc4n3)cn2n1. The van der Waals surface area contributed by atoms with Gasteiger partial charge in [0.15, 0.2) is 17.3 Å². The highest BCUT2D eigenvalue weighted by Gasteiger charge is 2.21. The molecule has 0 spiro atoms. The number of aryl methyl sites for hydroxylation is 1. The van der Waals surface area contributed by atoms with Crippen LogP contribution in [0.15, 0.2) is 36.7 Å². The van der Waals surface area contributed by atoms with E-state index in [9.17, 15) is 4.39 Å². The molecule has 1 aliphatic heterocycles. The van der Waals surface area contributed by atoms with Crippen LogP contribution in [0.4, 0.5) is 10.1 Å². The molecule has 4 heterocycles. The summed E-state index contributed by atoms with van der Waals surface area (Å²) < 4.78 is 15.8. The van der Waals surface area contributed by atoms with E-state index in [2.05, 4.69) is 56.2 Å². The predicted molar refractivity (Wildman–Crippen MR) is 110 cm³/mol. The van der Waals surface area contributed by atoms with Crippen LogP contribution in [0, 0.1) is 12.7 Å². The third kappa shape index (κ3) is 3.29. The molecule has 7 nitrogen and oxygen atoms in total. The van der Waals surface area contributed by atoms with Gasteiger partial charge in [-0.25, -0.2) is 23.9 Å². The van der Waals surface area contributed by atoms with Crippen molar-refractivity contribution < 1.29 is 4.39 Å². The summed E-state index contributed by atoms with van der Waals surface area (Å²) in [7, 11) is 0. The van der Waals surface area contributed by atoms with Gasteiger partial charge < -0.3 is 10.2 Å². The normalized spacial score (nSPS) is 19.9. The van der Waals surface area contributed by atoms with Gasteiger partial charge >= 0.3 is 0 Å². The lowest BCUT2D eigenvalue weighted by Crippen LogP contribution is -2.54. The second-order valence-corrected chi connectivity index (χ2v) is 7.81. The predicted octanol–water partition coefficient (Wildman–Crippen LogP) is 2.97. The molecule has 0 unspecified atom stereocenters. The molecular formula is C21H22FN7. The first kappa shape index (κ1) is 17.9. The maximum absolute atomic E-state index is 14.4. The molecule has 1 saturated heterocycles. The van der Waals surface area contributed by atoms with Crippen LogP contribution >= 0.6 is 0 Å². The molecule has 1 N–H and O–H groups in total. The first-order chi connectivity index (χ1) is 14.0. The zero-order chi connectivity index (χ0) is 20.1. The van der Waals surface area contributed by atoms with Crippen molar-refractivity contribution in [3.8, 4) is 11.4 Å². The van der Waals surface area contributed by atoms with Crippen LogP contribution in [0.2, 0.25) is 0 Å². The highest BCUT2D eigenvalue weighted by atomic mass is 19.1. The quantitative estimate of drug-likeness (QED) is 0.567. The van der Waals surface area contributed by atoms with Gasteiger partial charge in [-0.05, 0) is 45.0 Å². The minimum atomic E-state index is -0.441. The van der Waals surface area contributed by atoms with Gasteiger partial charge in [-0.2, -0.15) is 5.10 Å². The number of nitrogens with one attached hydrogen (secondary N) is 1. The highest BCUT2D eigenvalue weighted by Crippen LogP contribution is 2.25. The monoisotopic (exact) mass is 391 g/mol. The second-order valence-electron chi connectivity index (χ2n) is 7.81.